The van der Waals surface area contributed by atoms with Gasteiger partial charge in [0.2, 0.25) is 0 Å². The number of nitro benzene ring substituents is 1. The fourth-order valence-corrected chi connectivity index (χ4v) is 10.5. The van der Waals surface area contributed by atoms with E-state index in [2.05, 4.69) is 45.7 Å². The Kier molecular flexibility index (Phi) is 12.6. The number of rotatable bonds is 14. The number of halogens is 3. The molecule has 17 heteroatoms. The van der Waals surface area contributed by atoms with Crippen LogP contribution in [-0.4, -0.2) is 98.2 Å². The summed E-state index contributed by atoms with van der Waals surface area (Å²) in [5, 5.41) is 13.5. The summed E-state index contributed by atoms with van der Waals surface area (Å²) in [5.41, 5.74) is 2.80. The lowest BCUT2D eigenvalue weighted by Gasteiger charge is -2.39. The van der Waals surface area contributed by atoms with Gasteiger partial charge in [0.25, 0.3) is 15.9 Å². The van der Waals surface area contributed by atoms with Crippen molar-refractivity contribution in [1.82, 2.24) is 19.5 Å². The third kappa shape index (κ3) is 10.2. The van der Waals surface area contributed by atoms with Crippen LogP contribution in [0.1, 0.15) is 74.7 Å². The molecule has 0 atom stereocenters. The van der Waals surface area contributed by atoms with E-state index in [0.29, 0.717) is 53.8 Å². The molecular formula is C49H53ClF2N6O7S. The number of allylic oxidation sites excluding steroid dienone is 1. The second kappa shape index (κ2) is 18.3. The number of fused-ring (bicyclic) bond motifs is 1. The van der Waals surface area contributed by atoms with Crippen molar-refractivity contribution < 1.29 is 36.4 Å². The maximum Gasteiger partial charge on any atom is 0.312 e. The first-order chi connectivity index (χ1) is 31.5. The van der Waals surface area contributed by atoms with Gasteiger partial charge in [0.05, 0.1) is 15.4 Å². The number of anilines is 1. The molecule has 4 aliphatic rings. The quantitative estimate of drug-likeness (QED) is 0.0814. The summed E-state index contributed by atoms with van der Waals surface area (Å²) in [5.74, 6) is -2.39. The minimum atomic E-state index is -4.73. The molecule has 2 aliphatic carbocycles. The molecule has 0 unspecified atom stereocenters. The normalized spacial score (nSPS) is 19.2. The molecule has 4 aromatic carbocycles. The van der Waals surface area contributed by atoms with Crippen molar-refractivity contribution in [3.63, 3.8) is 0 Å². The lowest BCUT2D eigenvalue weighted by atomic mass is 9.72. The van der Waals surface area contributed by atoms with Gasteiger partial charge < -0.3 is 24.3 Å². The van der Waals surface area contributed by atoms with Crippen LogP contribution in [-0.2, 0) is 10.0 Å². The Balaban J connectivity index is 0.924. The molecule has 3 fully saturated rings. The van der Waals surface area contributed by atoms with Gasteiger partial charge >= 0.3 is 5.69 Å². The van der Waals surface area contributed by atoms with Crippen LogP contribution in [0.4, 0.5) is 20.2 Å². The summed E-state index contributed by atoms with van der Waals surface area (Å²) in [6.45, 7) is 8.94. The number of aromatic amines is 1. The van der Waals surface area contributed by atoms with Crippen LogP contribution in [0.2, 0.25) is 5.02 Å². The van der Waals surface area contributed by atoms with Gasteiger partial charge in [-0.3, -0.25) is 19.8 Å². The fourth-order valence-electron chi connectivity index (χ4n) is 9.37. The highest BCUT2D eigenvalue weighted by Crippen LogP contribution is 2.44. The molecule has 66 heavy (non-hydrogen) atoms. The zero-order valence-electron chi connectivity index (χ0n) is 37.0. The van der Waals surface area contributed by atoms with Crippen molar-refractivity contribution in [2.75, 3.05) is 57.3 Å². The summed E-state index contributed by atoms with van der Waals surface area (Å²) >= 11 is 6.23. The highest BCUT2D eigenvalue weighted by atomic mass is 35.5. The Hall–Kier alpha value is -5.55. The number of carbonyl (C=O) groups is 1. The van der Waals surface area contributed by atoms with Gasteiger partial charge in [-0.1, -0.05) is 43.2 Å². The van der Waals surface area contributed by atoms with E-state index in [-0.39, 0.29) is 41.1 Å². The highest BCUT2D eigenvalue weighted by molar-refractivity contribution is 7.90. The number of H-pyrrole nitrogens is 1. The van der Waals surface area contributed by atoms with Crippen LogP contribution in [0, 0.1) is 21.3 Å². The number of piperidine rings is 1. The van der Waals surface area contributed by atoms with Crippen molar-refractivity contribution in [1.29, 1.82) is 0 Å². The smallest absolute Gasteiger partial charge is 0.312 e. The molecule has 0 radical (unpaired) electrons. The molecule has 2 aliphatic heterocycles. The Labute approximate surface area is 387 Å². The van der Waals surface area contributed by atoms with E-state index in [1.54, 1.807) is 24.4 Å². The number of alkyl halides is 1. The first kappa shape index (κ1) is 45.6. The number of likely N-dealkylation sites (tertiary alicyclic amines) is 1. The number of nitrogens with zero attached hydrogens (tertiary/aromatic N) is 4. The van der Waals surface area contributed by atoms with E-state index in [4.69, 9.17) is 21.1 Å². The molecule has 3 heterocycles. The molecule has 348 valence electrons. The van der Waals surface area contributed by atoms with Crippen LogP contribution in [0.3, 0.4) is 0 Å². The maximum absolute atomic E-state index is 15.7. The van der Waals surface area contributed by atoms with Gasteiger partial charge in [-0.15, -0.1) is 0 Å². The lowest BCUT2D eigenvalue weighted by molar-refractivity contribution is -0.386. The second-order valence-electron chi connectivity index (χ2n) is 18.9. The number of ether oxygens (including phenoxy) is 2. The number of sulfonamides is 1. The van der Waals surface area contributed by atoms with Crippen molar-refractivity contribution in [2.45, 2.75) is 75.4 Å². The topological polar surface area (TPSA) is 150 Å². The van der Waals surface area contributed by atoms with Crippen molar-refractivity contribution in [2.24, 2.45) is 5.41 Å². The van der Waals surface area contributed by atoms with E-state index in [1.165, 1.54) is 34.9 Å². The van der Waals surface area contributed by atoms with Gasteiger partial charge in [0, 0.05) is 97.9 Å². The number of benzene rings is 4. The Morgan fingerprint density at radius 2 is 1.67 bits per heavy atom. The van der Waals surface area contributed by atoms with Crippen molar-refractivity contribution >= 4 is 55.4 Å². The average Bonchev–Trinajstić information content (AvgIpc) is 4.04. The molecule has 0 spiro atoms. The van der Waals surface area contributed by atoms with E-state index in [1.807, 2.05) is 16.9 Å². The molecule has 13 nitrogen and oxygen atoms in total. The second-order valence-corrected chi connectivity index (χ2v) is 21.0. The third-order valence-electron chi connectivity index (χ3n) is 13.5. The molecule has 2 saturated heterocycles. The Morgan fingerprint density at radius 1 is 0.924 bits per heavy atom. The number of amides is 1. The molecule has 1 saturated carbocycles. The number of hydrogen-bond acceptors (Lipinski definition) is 10. The van der Waals surface area contributed by atoms with Crippen LogP contribution in [0.5, 0.6) is 17.2 Å². The molecule has 5 aromatic rings. The zero-order chi connectivity index (χ0) is 46.4. The average molecular weight is 944 g/mol. The number of nitro groups is 1. The van der Waals surface area contributed by atoms with Crippen LogP contribution in [0.15, 0.2) is 95.5 Å². The largest absolute Gasteiger partial charge is 0.483 e. The zero-order valence-corrected chi connectivity index (χ0v) is 38.5. The summed E-state index contributed by atoms with van der Waals surface area (Å²) in [6.07, 6.45) is 7.39. The first-order valence-corrected chi connectivity index (χ1v) is 24.3. The third-order valence-corrected chi connectivity index (χ3v) is 15.1. The van der Waals surface area contributed by atoms with E-state index in [9.17, 15) is 23.3 Å². The van der Waals surface area contributed by atoms with E-state index < -0.39 is 49.5 Å². The summed E-state index contributed by atoms with van der Waals surface area (Å²) < 4.78 is 72.4. The van der Waals surface area contributed by atoms with Gasteiger partial charge in [-0.2, -0.15) is 0 Å². The number of hydrogen-bond donors (Lipinski definition) is 2. The van der Waals surface area contributed by atoms with E-state index >= 15 is 8.78 Å². The van der Waals surface area contributed by atoms with Crippen LogP contribution < -0.4 is 19.1 Å². The monoisotopic (exact) mass is 942 g/mol. The number of aromatic nitrogens is 1. The number of nitrogens with one attached hydrogen (secondary N) is 2. The SMILES string of the molecule is CC1(C)CCC(CN2CCN(c3ccc(C(=O)NS(=O)(=O)c4ccc(OCC5(F)CCN(C6CC6)CC5)c([N+](=O)[O-])c4)c(Oc4cc5cc[nH]c5cc4F)c3)CC2)=C(c2ccc(Cl)cc2)C1. The predicted molar refractivity (Wildman–Crippen MR) is 250 cm³/mol. The van der Waals surface area contributed by atoms with Gasteiger partial charge in [-0.25, -0.2) is 21.9 Å². The molecule has 2 N–H and O–H groups in total. The minimum Gasteiger partial charge on any atom is -0.483 e. The van der Waals surface area contributed by atoms with Crippen LogP contribution in [0.25, 0.3) is 16.5 Å². The summed E-state index contributed by atoms with van der Waals surface area (Å²) in [4.78, 5) is 34.5. The van der Waals surface area contributed by atoms with Gasteiger partial charge in [-0.05, 0) is 110 Å². The molecule has 9 rings (SSSR count). The fraction of sp³-hybridized carbons (Fsp3) is 0.408. The van der Waals surface area contributed by atoms with E-state index in [0.717, 1.165) is 69.9 Å². The van der Waals surface area contributed by atoms with Crippen LogP contribution >= 0.6 is 11.6 Å². The highest BCUT2D eigenvalue weighted by Gasteiger charge is 2.40. The maximum atomic E-state index is 15.7. The summed E-state index contributed by atoms with van der Waals surface area (Å²) in [7, 11) is -4.73. The standard InChI is InChI=1S/C49H53ClF2N6O7S/c1-48(2)15-13-34(40(29-48)32-3-5-35(50)6-4-32)30-55-21-23-57(24-22-55)37-9-11-39(45(26-37)65-46-25-33-14-18-53-42(33)28-41(46)51)47(59)54-66(62,63)38-10-12-44(43(27-38)58(60)61)64-31-49(52)16-19-56(20-17-49)36-7-8-36/h3-6,9-12,14,18,25-28,36,53H,7-8,13,15-17,19-24,29-31H2,1-2H3,(H,54,59). The van der Waals surface area contributed by atoms with Crippen molar-refractivity contribution in [3.05, 3.63) is 123 Å². The summed E-state index contributed by atoms with van der Waals surface area (Å²) in [6, 6.07) is 20.7. The number of carbonyl (C=O) groups excluding carboxylic acids is 1. The Morgan fingerprint density at radius 3 is 2.38 bits per heavy atom. The predicted octanol–water partition coefficient (Wildman–Crippen LogP) is 9.91. The van der Waals surface area contributed by atoms with Gasteiger partial charge in [0.1, 0.15) is 18.0 Å². The minimum absolute atomic E-state index is 0.100. The molecule has 1 amide bonds. The van der Waals surface area contributed by atoms with Crippen molar-refractivity contribution in [3.8, 4) is 17.2 Å². The Bertz CT molecular complexity index is 2800. The lowest BCUT2D eigenvalue weighted by Crippen LogP contribution is -2.47. The first-order valence-electron chi connectivity index (χ1n) is 22.5. The molecule has 1 aromatic heterocycles. The molecule has 0 bridgehead atoms. The van der Waals surface area contributed by atoms with Gasteiger partial charge in [0.15, 0.2) is 17.3 Å². The number of piperazine rings is 1. The molecular weight excluding hydrogens is 890 g/mol.